The van der Waals surface area contributed by atoms with Crippen molar-refractivity contribution in [3.05, 3.63) is 12.3 Å². The minimum Gasteiger partial charge on any atom is -0.319 e. The molecule has 0 amide bonds. The molecule has 0 saturated carbocycles. The first-order chi connectivity index (χ1) is 5.86. The van der Waals surface area contributed by atoms with Crippen molar-refractivity contribution in [3.8, 4) is 6.07 Å². The first-order valence-electron chi connectivity index (χ1n) is 3.23. The molecular weight excluding hydrogens is 190 g/mol. The summed E-state index contributed by atoms with van der Waals surface area (Å²) in [5.41, 5.74) is 4.80. The Bertz CT molecular complexity index is 284. The molecule has 2 atom stereocenters. The molecule has 72 valence electrons. The number of hydrogen-bond donors (Lipinski definition) is 1. The molecule has 7 heteroatoms. The van der Waals surface area contributed by atoms with Crippen LogP contribution in [0.1, 0.15) is 0 Å². The predicted octanol–water partition coefficient (Wildman–Crippen LogP) is 0.852. The van der Waals surface area contributed by atoms with Gasteiger partial charge in [0.05, 0.1) is 6.04 Å². The number of rotatable bonds is 0. The minimum absolute atomic E-state index is 0.366. The highest BCUT2D eigenvalue weighted by atomic mass is 19.3. The van der Waals surface area contributed by atoms with Crippen LogP contribution in [0.4, 0.5) is 17.7 Å². The average Bonchev–Trinajstić information content (AvgIpc) is 2.09. The predicted molar refractivity (Wildman–Crippen MR) is 34.5 cm³/mol. The molecule has 0 spiro atoms. The van der Waals surface area contributed by atoms with Crippen LogP contribution >= 0.6 is 0 Å². The molecule has 13 heavy (non-hydrogen) atoms. The van der Waals surface area contributed by atoms with Crippen molar-refractivity contribution >= 4 is 0 Å². The maximum atomic E-state index is 13.0. The highest BCUT2D eigenvalue weighted by Crippen LogP contribution is 2.40. The van der Waals surface area contributed by atoms with Crippen molar-refractivity contribution < 1.29 is 17.7 Å². The summed E-state index contributed by atoms with van der Waals surface area (Å²) in [5.74, 6) is -8.30. The molecule has 0 aliphatic carbocycles. The molecule has 0 fully saturated rings. The van der Waals surface area contributed by atoms with Crippen LogP contribution in [-0.2, 0) is 0 Å². The molecular formula is C6H5F4N3. The van der Waals surface area contributed by atoms with Crippen molar-refractivity contribution in [2.45, 2.75) is 17.8 Å². The third-order valence-corrected chi connectivity index (χ3v) is 1.73. The van der Waals surface area contributed by atoms with Crippen LogP contribution in [-0.4, -0.2) is 22.9 Å². The molecule has 1 rings (SSSR count). The van der Waals surface area contributed by atoms with Gasteiger partial charge in [-0.25, -0.2) is 0 Å². The van der Waals surface area contributed by atoms with Gasteiger partial charge in [-0.2, -0.15) is 23.6 Å². The van der Waals surface area contributed by atoms with E-state index in [4.69, 9.17) is 11.0 Å². The van der Waals surface area contributed by atoms with E-state index >= 15 is 0 Å². The summed E-state index contributed by atoms with van der Waals surface area (Å²) in [7, 11) is 0. The number of nitriles is 1. The van der Waals surface area contributed by atoms with Crippen LogP contribution < -0.4 is 5.73 Å². The number of nitrogens with two attached hydrogens (primary N) is 1. The first kappa shape index (κ1) is 9.80. The van der Waals surface area contributed by atoms with E-state index in [1.807, 2.05) is 0 Å². The Hall–Kier alpha value is -1.29. The molecule has 1 aliphatic rings. The lowest BCUT2D eigenvalue weighted by Crippen LogP contribution is -2.62. The van der Waals surface area contributed by atoms with Crippen molar-refractivity contribution in [2.75, 3.05) is 0 Å². The summed E-state index contributed by atoms with van der Waals surface area (Å²) in [6, 6.07) is -1.46. The second-order valence-electron chi connectivity index (χ2n) is 2.54. The van der Waals surface area contributed by atoms with Gasteiger partial charge in [0.1, 0.15) is 6.07 Å². The lowest BCUT2D eigenvalue weighted by atomic mass is 9.98. The maximum absolute atomic E-state index is 13.0. The molecule has 0 bridgehead atoms. The summed E-state index contributed by atoms with van der Waals surface area (Å²) in [4.78, 5) is 0. The van der Waals surface area contributed by atoms with Gasteiger partial charge in [-0.15, -0.1) is 0 Å². The van der Waals surface area contributed by atoms with Gasteiger partial charge in [0.25, 0.3) is 0 Å². The fourth-order valence-electron chi connectivity index (χ4n) is 0.877. The monoisotopic (exact) mass is 195 g/mol. The van der Waals surface area contributed by atoms with Gasteiger partial charge >= 0.3 is 11.7 Å². The topological polar surface area (TPSA) is 53.0 Å². The van der Waals surface area contributed by atoms with Crippen LogP contribution in [0.25, 0.3) is 0 Å². The van der Waals surface area contributed by atoms with Gasteiger partial charge in [-0.1, -0.05) is 4.48 Å². The van der Waals surface area contributed by atoms with E-state index in [9.17, 15) is 17.7 Å². The summed E-state index contributed by atoms with van der Waals surface area (Å²) in [6.07, 6.45) is 0.945. The maximum Gasteiger partial charge on any atom is 0.359 e. The Morgan fingerprint density at radius 1 is 1.46 bits per heavy atom. The number of nitrogens with zero attached hydrogens (tertiary/aromatic N) is 2. The van der Waals surface area contributed by atoms with E-state index in [0.717, 1.165) is 0 Å². The van der Waals surface area contributed by atoms with E-state index in [1.54, 1.807) is 0 Å². The Morgan fingerprint density at radius 3 is 2.38 bits per heavy atom. The molecule has 2 N–H and O–H groups in total. The lowest BCUT2D eigenvalue weighted by Gasteiger charge is -2.36. The third kappa shape index (κ3) is 1.06. The zero-order valence-electron chi connectivity index (χ0n) is 6.22. The second-order valence-corrected chi connectivity index (χ2v) is 2.54. The number of hydrogen-bond acceptors (Lipinski definition) is 3. The molecule has 1 heterocycles. The Labute approximate surface area is 71.0 Å². The summed E-state index contributed by atoms with van der Waals surface area (Å²) >= 11 is 0. The molecule has 0 aromatic carbocycles. The van der Waals surface area contributed by atoms with E-state index in [0.29, 0.717) is 18.3 Å². The van der Waals surface area contributed by atoms with Gasteiger partial charge in [0.2, 0.25) is 0 Å². The van der Waals surface area contributed by atoms with Gasteiger partial charge < -0.3 is 5.73 Å². The Morgan fingerprint density at radius 2 is 2.00 bits per heavy atom. The summed E-state index contributed by atoms with van der Waals surface area (Å²) in [5, 5.41) is 7.11. The van der Waals surface area contributed by atoms with Gasteiger partial charge in [-0.3, -0.25) is 0 Å². The SMILES string of the molecule is N#CC1(F)N(F)C=CC(N)C1(F)F. The van der Waals surface area contributed by atoms with Crippen molar-refractivity contribution in [3.63, 3.8) is 0 Å². The highest BCUT2D eigenvalue weighted by Gasteiger charge is 2.65. The molecule has 1 aliphatic heterocycles. The summed E-state index contributed by atoms with van der Waals surface area (Å²) < 4.78 is 51.2. The van der Waals surface area contributed by atoms with Crippen molar-refractivity contribution in [2.24, 2.45) is 5.73 Å². The standard InChI is InChI=1S/C6H5F4N3/c7-5(3-11)6(8,9)4(12)1-2-13(5)10/h1-2,4H,12H2. The van der Waals surface area contributed by atoms with Crippen LogP contribution in [0.15, 0.2) is 12.3 Å². The molecule has 0 aromatic rings. The van der Waals surface area contributed by atoms with E-state index in [1.165, 1.54) is 0 Å². The average molecular weight is 195 g/mol. The highest BCUT2D eigenvalue weighted by molar-refractivity contribution is 5.20. The zero-order chi connectivity index (χ0) is 10.3. The van der Waals surface area contributed by atoms with Crippen molar-refractivity contribution in [1.29, 1.82) is 5.26 Å². The molecule has 0 saturated heterocycles. The third-order valence-electron chi connectivity index (χ3n) is 1.73. The first-order valence-corrected chi connectivity index (χ1v) is 3.23. The smallest absolute Gasteiger partial charge is 0.319 e. The lowest BCUT2D eigenvalue weighted by molar-refractivity contribution is -0.231. The quantitative estimate of drug-likeness (QED) is 0.354. The van der Waals surface area contributed by atoms with Crippen LogP contribution in [0.2, 0.25) is 0 Å². The Balaban J connectivity index is 3.21. The van der Waals surface area contributed by atoms with E-state index in [2.05, 4.69) is 0 Å². The zero-order valence-corrected chi connectivity index (χ0v) is 6.22. The Kier molecular flexibility index (Phi) is 1.96. The summed E-state index contributed by atoms with van der Waals surface area (Å²) in [6.45, 7) is 0. The largest absolute Gasteiger partial charge is 0.359 e. The van der Waals surface area contributed by atoms with E-state index in [-0.39, 0.29) is 0 Å². The fraction of sp³-hybridized carbons (Fsp3) is 0.500. The molecule has 0 aromatic heterocycles. The van der Waals surface area contributed by atoms with E-state index < -0.39 is 22.9 Å². The molecule has 0 radical (unpaired) electrons. The normalized spacial score (nSPS) is 37.2. The van der Waals surface area contributed by atoms with Gasteiger partial charge in [0.15, 0.2) is 0 Å². The van der Waals surface area contributed by atoms with Crippen LogP contribution in [0.3, 0.4) is 0 Å². The molecule has 2 unspecified atom stereocenters. The molecule has 3 nitrogen and oxygen atoms in total. The minimum atomic E-state index is -4.27. The fourth-order valence-corrected chi connectivity index (χ4v) is 0.877. The van der Waals surface area contributed by atoms with Crippen LogP contribution in [0.5, 0.6) is 0 Å². The van der Waals surface area contributed by atoms with Gasteiger partial charge in [0, 0.05) is 6.20 Å². The van der Waals surface area contributed by atoms with Crippen molar-refractivity contribution in [1.82, 2.24) is 5.12 Å². The van der Waals surface area contributed by atoms with Crippen LogP contribution in [0, 0.1) is 11.3 Å². The van der Waals surface area contributed by atoms with Gasteiger partial charge in [-0.05, 0) is 6.08 Å². The second kappa shape index (κ2) is 2.60. The number of alkyl halides is 3. The number of halogens is 4.